The van der Waals surface area contributed by atoms with Crippen LogP contribution in [0.2, 0.25) is 0 Å². The average molecular weight is 287 g/mol. The first-order valence-electron chi connectivity index (χ1n) is 6.87. The van der Waals surface area contributed by atoms with Crippen LogP contribution in [0.4, 0.5) is 5.69 Å². The number of nitrogens with zero attached hydrogens (tertiary/aromatic N) is 2. The van der Waals surface area contributed by atoms with Crippen molar-refractivity contribution in [1.29, 1.82) is 5.26 Å². The molecule has 1 heterocycles. The molecule has 0 bridgehead atoms. The molecule has 0 aromatic heterocycles. The van der Waals surface area contributed by atoms with E-state index in [1.807, 2.05) is 17.0 Å². The van der Waals surface area contributed by atoms with E-state index in [-0.39, 0.29) is 18.9 Å². The van der Waals surface area contributed by atoms with E-state index < -0.39 is 5.97 Å². The van der Waals surface area contributed by atoms with Gasteiger partial charge in [-0.05, 0) is 30.5 Å². The summed E-state index contributed by atoms with van der Waals surface area (Å²) in [5.41, 5.74) is 1.92. The zero-order valence-corrected chi connectivity index (χ0v) is 11.6. The molecule has 6 nitrogen and oxygen atoms in total. The lowest BCUT2D eigenvalue weighted by atomic mass is 9.96. The molecule has 1 aromatic carbocycles. The number of carboxylic acids is 1. The SMILES string of the molecule is N#CCCNC(=O)CN1CCCc2c(C(=O)O)cccc21. The largest absolute Gasteiger partial charge is 0.478 e. The molecule has 0 radical (unpaired) electrons. The van der Waals surface area contributed by atoms with E-state index in [0.717, 1.165) is 24.2 Å². The number of carbonyl (C=O) groups excluding carboxylic acids is 1. The number of amides is 1. The van der Waals surface area contributed by atoms with Gasteiger partial charge in [0.25, 0.3) is 0 Å². The summed E-state index contributed by atoms with van der Waals surface area (Å²) in [5.74, 6) is -1.09. The summed E-state index contributed by atoms with van der Waals surface area (Å²) < 4.78 is 0. The molecule has 0 aliphatic carbocycles. The van der Waals surface area contributed by atoms with E-state index in [1.165, 1.54) is 0 Å². The maximum atomic E-state index is 11.8. The lowest BCUT2D eigenvalue weighted by molar-refractivity contribution is -0.119. The molecular weight excluding hydrogens is 270 g/mol. The lowest BCUT2D eigenvalue weighted by Crippen LogP contribution is -2.40. The molecule has 1 aromatic rings. The third kappa shape index (κ3) is 3.51. The summed E-state index contributed by atoms with van der Waals surface area (Å²) >= 11 is 0. The predicted octanol–water partition coefficient (Wildman–Crippen LogP) is 1.17. The van der Waals surface area contributed by atoms with Crippen molar-refractivity contribution in [3.05, 3.63) is 29.3 Å². The quantitative estimate of drug-likeness (QED) is 0.793. The van der Waals surface area contributed by atoms with Gasteiger partial charge >= 0.3 is 5.97 Å². The van der Waals surface area contributed by atoms with Gasteiger partial charge in [0.1, 0.15) is 0 Å². The Bertz CT molecular complexity index is 592. The molecule has 0 saturated heterocycles. The van der Waals surface area contributed by atoms with Crippen LogP contribution in [0, 0.1) is 11.3 Å². The normalized spacial score (nSPS) is 13.2. The van der Waals surface area contributed by atoms with Gasteiger partial charge in [0.15, 0.2) is 0 Å². The summed E-state index contributed by atoms with van der Waals surface area (Å²) in [4.78, 5) is 25.0. The Morgan fingerprint density at radius 1 is 1.43 bits per heavy atom. The second kappa shape index (κ2) is 6.75. The highest BCUT2D eigenvalue weighted by Crippen LogP contribution is 2.29. The van der Waals surface area contributed by atoms with Crippen molar-refractivity contribution in [3.8, 4) is 6.07 Å². The molecule has 0 spiro atoms. The highest BCUT2D eigenvalue weighted by molar-refractivity contribution is 5.92. The Kier molecular flexibility index (Phi) is 4.77. The third-order valence-electron chi connectivity index (χ3n) is 3.47. The molecule has 0 atom stereocenters. The van der Waals surface area contributed by atoms with E-state index in [9.17, 15) is 14.7 Å². The number of hydrogen-bond acceptors (Lipinski definition) is 4. The summed E-state index contributed by atoms with van der Waals surface area (Å²) in [6, 6.07) is 7.12. The number of fused-ring (bicyclic) bond motifs is 1. The Morgan fingerprint density at radius 3 is 2.95 bits per heavy atom. The maximum absolute atomic E-state index is 11.8. The van der Waals surface area contributed by atoms with E-state index >= 15 is 0 Å². The number of carbonyl (C=O) groups is 2. The van der Waals surface area contributed by atoms with Gasteiger partial charge in [-0.25, -0.2) is 4.79 Å². The number of nitriles is 1. The van der Waals surface area contributed by atoms with Crippen molar-refractivity contribution >= 4 is 17.6 Å². The van der Waals surface area contributed by atoms with Gasteiger partial charge in [-0.15, -0.1) is 0 Å². The topological polar surface area (TPSA) is 93.4 Å². The van der Waals surface area contributed by atoms with Gasteiger partial charge < -0.3 is 15.3 Å². The molecule has 0 unspecified atom stereocenters. The van der Waals surface area contributed by atoms with Gasteiger partial charge in [-0.3, -0.25) is 4.79 Å². The number of aromatic carboxylic acids is 1. The lowest BCUT2D eigenvalue weighted by Gasteiger charge is -2.31. The smallest absolute Gasteiger partial charge is 0.336 e. The van der Waals surface area contributed by atoms with Crippen LogP contribution < -0.4 is 10.2 Å². The zero-order valence-electron chi connectivity index (χ0n) is 11.6. The fourth-order valence-electron chi connectivity index (χ4n) is 2.55. The van der Waals surface area contributed by atoms with E-state index in [4.69, 9.17) is 5.26 Å². The van der Waals surface area contributed by atoms with Crippen molar-refractivity contribution in [3.63, 3.8) is 0 Å². The molecule has 2 rings (SSSR count). The van der Waals surface area contributed by atoms with Crippen molar-refractivity contribution in [2.75, 3.05) is 24.5 Å². The first kappa shape index (κ1) is 14.9. The molecule has 0 fully saturated rings. The molecule has 2 N–H and O–H groups in total. The fraction of sp³-hybridized carbons (Fsp3) is 0.400. The van der Waals surface area contributed by atoms with Crippen LogP contribution in [-0.4, -0.2) is 36.6 Å². The number of hydrogen-bond donors (Lipinski definition) is 2. The Morgan fingerprint density at radius 2 is 2.24 bits per heavy atom. The fourth-order valence-corrected chi connectivity index (χ4v) is 2.55. The second-order valence-electron chi connectivity index (χ2n) is 4.89. The molecule has 0 saturated carbocycles. The monoisotopic (exact) mass is 287 g/mol. The van der Waals surface area contributed by atoms with Crippen LogP contribution in [-0.2, 0) is 11.2 Å². The van der Waals surface area contributed by atoms with E-state index in [0.29, 0.717) is 18.5 Å². The van der Waals surface area contributed by atoms with Crippen LogP contribution >= 0.6 is 0 Å². The number of rotatable bonds is 5. The van der Waals surface area contributed by atoms with Gasteiger partial charge in [-0.1, -0.05) is 6.07 Å². The summed E-state index contributed by atoms with van der Waals surface area (Å²) in [5, 5.41) is 20.3. The Balaban J connectivity index is 2.12. The maximum Gasteiger partial charge on any atom is 0.336 e. The first-order chi connectivity index (χ1) is 10.1. The molecule has 1 aliphatic heterocycles. The summed E-state index contributed by atoms with van der Waals surface area (Å²) in [6.07, 6.45) is 1.82. The third-order valence-corrected chi connectivity index (χ3v) is 3.47. The summed E-state index contributed by atoms with van der Waals surface area (Å²) in [7, 11) is 0. The minimum atomic E-state index is -0.938. The van der Waals surface area contributed by atoms with Crippen LogP contribution in [0.5, 0.6) is 0 Å². The molecular formula is C15H17N3O3. The molecule has 21 heavy (non-hydrogen) atoms. The Hall–Kier alpha value is -2.55. The zero-order chi connectivity index (χ0) is 15.2. The molecule has 6 heteroatoms. The van der Waals surface area contributed by atoms with Crippen molar-refractivity contribution in [1.82, 2.24) is 5.32 Å². The minimum Gasteiger partial charge on any atom is -0.478 e. The molecule has 110 valence electrons. The van der Waals surface area contributed by atoms with Crippen molar-refractivity contribution in [2.24, 2.45) is 0 Å². The molecule has 1 amide bonds. The van der Waals surface area contributed by atoms with Gasteiger partial charge in [-0.2, -0.15) is 5.26 Å². The van der Waals surface area contributed by atoms with Gasteiger partial charge in [0, 0.05) is 18.8 Å². The average Bonchev–Trinajstić information content (AvgIpc) is 2.47. The van der Waals surface area contributed by atoms with Crippen LogP contribution in [0.15, 0.2) is 18.2 Å². The number of nitrogens with one attached hydrogen (secondary N) is 1. The van der Waals surface area contributed by atoms with Crippen LogP contribution in [0.25, 0.3) is 0 Å². The Labute approximate surface area is 123 Å². The van der Waals surface area contributed by atoms with Crippen molar-refractivity contribution < 1.29 is 14.7 Å². The van der Waals surface area contributed by atoms with Crippen LogP contribution in [0.3, 0.4) is 0 Å². The number of benzene rings is 1. The predicted molar refractivity (Wildman–Crippen MR) is 77.2 cm³/mol. The number of carboxylic acid groups (broad SMARTS) is 1. The standard InChI is InChI=1S/C15H17N3O3/c16-7-3-8-17-14(19)10-18-9-2-5-11-12(15(20)21)4-1-6-13(11)18/h1,4,6H,2-3,5,8-10H2,(H,17,19)(H,20,21). The van der Waals surface area contributed by atoms with Gasteiger partial charge in [0.2, 0.25) is 5.91 Å². The van der Waals surface area contributed by atoms with E-state index in [1.54, 1.807) is 12.1 Å². The minimum absolute atomic E-state index is 0.154. The molecule has 1 aliphatic rings. The van der Waals surface area contributed by atoms with Crippen LogP contribution in [0.1, 0.15) is 28.8 Å². The highest BCUT2D eigenvalue weighted by Gasteiger charge is 2.23. The first-order valence-corrected chi connectivity index (χ1v) is 6.87. The second-order valence-corrected chi connectivity index (χ2v) is 4.89. The van der Waals surface area contributed by atoms with Crippen molar-refractivity contribution in [2.45, 2.75) is 19.3 Å². The van der Waals surface area contributed by atoms with E-state index in [2.05, 4.69) is 5.32 Å². The van der Waals surface area contributed by atoms with Gasteiger partial charge in [0.05, 0.1) is 24.6 Å². The summed E-state index contributed by atoms with van der Waals surface area (Å²) in [6.45, 7) is 1.24. The highest BCUT2D eigenvalue weighted by atomic mass is 16.4. The number of anilines is 1.